The quantitative estimate of drug-likeness (QED) is 0.734. The highest BCUT2D eigenvalue weighted by atomic mass is 19.4. The molecule has 0 radical (unpaired) electrons. The van der Waals surface area contributed by atoms with E-state index < -0.39 is 23.4 Å². The lowest BCUT2D eigenvalue weighted by molar-refractivity contribution is -0.255. The van der Waals surface area contributed by atoms with Crippen molar-refractivity contribution in [1.82, 2.24) is 9.78 Å². The van der Waals surface area contributed by atoms with Crippen LogP contribution in [0.5, 0.6) is 0 Å². The predicted molar refractivity (Wildman–Crippen MR) is 43.4 cm³/mol. The van der Waals surface area contributed by atoms with Crippen molar-refractivity contribution in [2.45, 2.75) is 12.7 Å². The third-order valence-electron chi connectivity index (χ3n) is 1.84. The van der Waals surface area contributed by atoms with Crippen LogP contribution < -0.4 is 5.11 Å². The minimum Gasteiger partial charge on any atom is -0.545 e. The topological polar surface area (TPSA) is 67.2 Å². The highest BCUT2D eigenvalue weighted by molar-refractivity contribution is 5.87. The monoisotopic (exact) mass is 237 g/mol. The number of carboxylic acid groups (broad SMARTS) is 1. The van der Waals surface area contributed by atoms with Crippen LogP contribution in [0.25, 0.3) is 0 Å². The minimum absolute atomic E-state index is 0.00273. The van der Waals surface area contributed by atoms with Gasteiger partial charge in [-0.2, -0.15) is 18.3 Å². The fourth-order valence-corrected chi connectivity index (χ4v) is 1.18. The van der Waals surface area contributed by atoms with Crippen LogP contribution in [0.2, 0.25) is 0 Å². The van der Waals surface area contributed by atoms with E-state index in [0.717, 1.165) is 0 Å². The number of aromatic nitrogens is 2. The van der Waals surface area contributed by atoms with Gasteiger partial charge in [-0.3, -0.25) is 4.68 Å². The van der Waals surface area contributed by atoms with Gasteiger partial charge >= 0.3 is 6.18 Å². The number of carboxylic acids is 1. The van der Waals surface area contributed by atoms with Crippen LogP contribution in [0.4, 0.5) is 13.2 Å². The largest absolute Gasteiger partial charge is 0.545 e. The third-order valence-corrected chi connectivity index (χ3v) is 1.84. The second-order valence-electron chi connectivity index (χ2n) is 2.91. The number of halogens is 3. The van der Waals surface area contributed by atoms with Gasteiger partial charge in [0.15, 0.2) is 5.69 Å². The van der Waals surface area contributed by atoms with E-state index in [1.54, 1.807) is 0 Å². The van der Waals surface area contributed by atoms with Crippen LogP contribution in [0, 0.1) is 0 Å². The number of alkyl halides is 3. The summed E-state index contributed by atoms with van der Waals surface area (Å²) in [5.74, 6) is -1.91. The maximum absolute atomic E-state index is 12.5. The molecule has 0 aliphatic carbocycles. The highest BCUT2D eigenvalue weighted by Gasteiger charge is 2.38. The summed E-state index contributed by atoms with van der Waals surface area (Å²) in [5, 5.41) is 13.8. The molecule has 0 aliphatic heterocycles. The van der Waals surface area contributed by atoms with E-state index in [1.807, 2.05) is 0 Å². The molecular weight excluding hydrogens is 229 g/mol. The molecule has 16 heavy (non-hydrogen) atoms. The molecule has 0 bridgehead atoms. The van der Waals surface area contributed by atoms with Gasteiger partial charge in [0, 0.05) is 12.7 Å². The molecule has 0 unspecified atom stereocenters. The van der Waals surface area contributed by atoms with E-state index >= 15 is 0 Å². The summed E-state index contributed by atoms with van der Waals surface area (Å²) in [7, 11) is 1.32. The molecule has 1 aromatic heterocycles. The summed E-state index contributed by atoms with van der Waals surface area (Å²) in [6.45, 7) is -0.185. The molecule has 0 amide bonds. The molecule has 0 saturated heterocycles. The summed E-state index contributed by atoms with van der Waals surface area (Å²) in [4.78, 5) is 10.5. The summed E-state index contributed by atoms with van der Waals surface area (Å²) in [6.07, 6.45) is -4.17. The van der Waals surface area contributed by atoms with Crippen LogP contribution >= 0.6 is 0 Å². The van der Waals surface area contributed by atoms with Gasteiger partial charge in [-0.25, -0.2) is 0 Å². The van der Waals surface area contributed by atoms with Crippen LogP contribution in [0.3, 0.4) is 0 Å². The number of aromatic carboxylic acids is 1. The highest BCUT2D eigenvalue weighted by Crippen LogP contribution is 2.31. The molecule has 0 spiro atoms. The number of carbonyl (C=O) groups excluding carboxylic acids is 1. The lowest BCUT2D eigenvalue weighted by Gasteiger charge is -2.12. The van der Waals surface area contributed by atoms with E-state index in [-0.39, 0.29) is 13.2 Å². The number of rotatable bonds is 4. The van der Waals surface area contributed by atoms with Crippen molar-refractivity contribution in [2.75, 3.05) is 13.7 Å². The molecule has 0 atom stereocenters. The van der Waals surface area contributed by atoms with Crippen LogP contribution in [-0.2, 0) is 17.5 Å². The molecule has 90 valence electrons. The summed E-state index contributed by atoms with van der Waals surface area (Å²) in [6, 6.07) is 0. The number of carbonyl (C=O) groups is 1. The van der Waals surface area contributed by atoms with E-state index in [0.29, 0.717) is 10.9 Å². The van der Waals surface area contributed by atoms with Crippen molar-refractivity contribution < 1.29 is 27.8 Å². The number of ether oxygens (including phenoxy) is 1. The summed E-state index contributed by atoms with van der Waals surface area (Å²) in [5.41, 5.74) is -2.30. The minimum atomic E-state index is -4.79. The Hall–Kier alpha value is -1.57. The third kappa shape index (κ3) is 2.51. The maximum atomic E-state index is 12.5. The number of nitrogens with zero attached hydrogens (tertiary/aromatic N) is 2. The molecule has 0 fully saturated rings. The van der Waals surface area contributed by atoms with Gasteiger partial charge < -0.3 is 14.6 Å². The Balaban J connectivity index is 3.15. The first-order valence-electron chi connectivity index (χ1n) is 4.21. The zero-order valence-electron chi connectivity index (χ0n) is 8.24. The van der Waals surface area contributed by atoms with Gasteiger partial charge in [0.2, 0.25) is 0 Å². The van der Waals surface area contributed by atoms with E-state index in [2.05, 4.69) is 9.84 Å². The van der Waals surface area contributed by atoms with E-state index in [4.69, 9.17) is 0 Å². The lowest BCUT2D eigenvalue weighted by atomic mass is 10.2. The fraction of sp³-hybridized carbons (Fsp3) is 0.500. The molecule has 1 aromatic rings. The van der Waals surface area contributed by atoms with Crippen molar-refractivity contribution in [3.05, 3.63) is 17.5 Å². The maximum Gasteiger partial charge on any atom is 0.433 e. The second kappa shape index (κ2) is 4.52. The Kier molecular flexibility index (Phi) is 3.53. The number of hydrogen-bond acceptors (Lipinski definition) is 4. The zero-order valence-corrected chi connectivity index (χ0v) is 8.24. The second-order valence-corrected chi connectivity index (χ2v) is 2.91. The van der Waals surface area contributed by atoms with Crippen LogP contribution in [0.1, 0.15) is 16.1 Å². The Bertz CT molecular complexity index is 386. The molecule has 5 nitrogen and oxygen atoms in total. The average molecular weight is 237 g/mol. The Morgan fingerprint density at radius 3 is 2.69 bits per heavy atom. The van der Waals surface area contributed by atoms with Crippen LogP contribution in [0.15, 0.2) is 6.20 Å². The first-order chi connectivity index (χ1) is 7.38. The smallest absolute Gasteiger partial charge is 0.433 e. The predicted octanol–water partition coefficient (Wildman–Crippen LogP) is -0.0882. The fourth-order valence-electron chi connectivity index (χ4n) is 1.18. The van der Waals surface area contributed by atoms with Gasteiger partial charge in [0.25, 0.3) is 0 Å². The first-order valence-corrected chi connectivity index (χ1v) is 4.21. The SMILES string of the molecule is COCCn1ncc(C(=O)[O-])c1C(F)(F)F. The number of methoxy groups -OCH3 is 1. The van der Waals surface area contributed by atoms with Crippen LogP contribution in [-0.4, -0.2) is 29.5 Å². The van der Waals surface area contributed by atoms with Gasteiger partial charge in [-0.1, -0.05) is 0 Å². The molecule has 0 aliphatic rings. The van der Waals surface area contributed by atoms with Crippen molar-refractivity contribution in [2.24, 2.45) is 0 Å². The molecular formula is C8H8F3N2O3-. The van der Waals surface area contributed by atoms with Gasteiger partial charge in [0.1, 0.15) is 0 Å². The molecule has 0 saturated carbocycles. The molecule has 0 aromatic carbocycles. The van der Waals surface area contributed by atoms with E-state index in [9.17, 15) is 23.1 Å². The average Bonchev–Trinajstić information content (AvgIpc) is 2.57. The molecule has 0 N–H and O–H groups in total. The van der Waals surface area contributed by atoms with Crippen molar-refractivity contribution in [3.63, 3.8) is 0 Å². The summed E-state index contributed by atoms with van der Waals surface area (Å²) >= 11 is 0. The van der Waals surface area contributed by atoms with E-state index in [1.165, 1.54) is 7.11 Å². The molecule has 1 heterocycles. The number of hydrogen-bond donors (Lipinski definition) is 0. The Labute approximate surface area is 88.4 Å². The molecule has 8 heteroatoms. The molecule has 1 rings (SSSR count). The van der Waals surface area contributed by atoms with Crippen molar-refractivity contribution in [3.8, 4) is 0 Å². The Morgan fingerprint density at radius 2 is 2.25 bits per heavy atom. The Morgan fingerprint density at radius 1 is 1.62 bits per heavy atom. The normalized spacial score (nSPS) is 11.8. The van der Waals surface area contributed by atoms with Gasteiger partial charge in [-0.15, -0.1) is 0 Å². The van der Waals surface area contributed by atoms with Gasteiger partial charge in [-0.05, 0) is 0 Å². The van der Waals surface area contributed by atoms with Crippen molar-refractivity contribution >= 4 is 5.97 Å². The summed E-state index contributed by atoms with van der Waals surface area (Å²) < 4.78 is 42.7. The van der Waals surface area contributed by atoms with Gasteiger partial charge in [0.05, 0.1) is 25.3 Å². The first kappa shape index (κ1) is 12.5. The zero-order chi connectivity index (χ0) is 12.3. The van der Waals surface area contributed by atoms with Crippen molar-refractivity contribution in [1.29, 1.82) is 0 Å². The lowest BCUT2D eigenvalue weighted by Crippen LogP contribution is -2.27. The standard InChI is InChI=1S/C8H9F3N2O3/c1-16-3-2-13-6(8(9,10)11)5(4-12-13)7(14)15/h4H,2-3H2,1H3,(H,14,15)/p-1.